The second-order valence-electron chi connectivity index (χ2n) is 3.24. The highest BCUT2D eigenvalue weighted by Crippen LogP contribution is 2.08. The van der Waals surface area contributed by atoms with Crippen LogP contribution in [0.15, 0.2) is 29.2 Å². The molecular formula is C12H11NO. The van der Waals surface area contributed by atoms with Gasteiger partial charge >= 0.3 is 0 Å². The summed E-state index contributed by atoms with van der Waals surface area (Å²) in [6.07, 6.45) is 2.77. The van der Waals surface area contributed by atoms with Crippen LogP contribution in [0, 0.1) is 12.1 Å². The van der Waals surface area contributed by atoms with Gasteiger partial charge in [0.05, 0.1) is 11.6 Å². The number of nitrogens with zero attached hydrogens (tertiary/aromatic N) is 1. The van der Waals surface area contributed by atoms with Gasteiger partial charge < -0.3 is 4.57 Å². The van der Waals surface area contributed by atoms with Gasteiger partial charge in [0.15, 0.2) is 5.43 Å². The molecule has 0 unspecified atom stereocenters. The van der Waals surface area contributed by atoms with Crippen molar-refractivity contribution < 1.29 is 0 Å². The lowest BCUT2D eigenvalue weighted by molar-refractivity contribution is 0.697. The van der Waals surface area contributed by atoms with Gasteiger partial charge in [0, 0.05) is 18.1 Å². The Labute approximate surface area is 82.8 Å². The molecule has 2 nitrogen and oxygen atoms in total. The van der Waals surface area contributed by atoms with Crippen molar-refractivity contribution in [2.75, 3.05) is 0 Å². The first kappa shape index (κ1) is 9.00. The van der Waals surface area contributed by atoms with Crippen LogP contribution in [0.5, 0.6) is 0 Å². The van der Waals surface area contributed by atoms with E-state index >= 15 is 0 Å². The van der Waals surface area contributed by atoms with Crippen LogP contribution in [-0.2, 0) is 6.54 Å². The number of pyridine rings is 1. The van der Waals surface area contributed by atoms with Crippen molar-refractivity contribution in [2.45, 2.75) is 19.9 Å². The molecule has 0 N–H and O–H groups in total. The van der Waals surface area contributed by atoms with Gasteiger partial charge in [-0.15, -0.1) is 0 Å². The molecule has 1 aromatic carbocycles. The molecule has 2 aromatic rings. The third kappa shape index (κ3) is 1.43. The van der Waals surface area contributed by atoms with Crippen LogP contribution in [0.3, 0.4) is 0 Å². The fourth-order valence-corrected chi connectivity index (χ4v) is 1.56. The van der Waals surface area contributed by atoms with E-state index in [2.05, 4.69) is 19.1 Å². The normalized spacial score (nSPS) is 10.6. The molecule has 0 aliphatic heterocycles. The summed E-state index contributed by atoms with van der Waals surface area (Å²) in [5.74, 6) is 0. The van der Waals surface area contributed by atoms with Gasteiger partial charge in [0.1, 0.15) is 0 Å². The highest BCUT2D eigenvalue weighted by atomic mass is 16.1. The number of hydrogen-bond acceptors (Lipinski definition) is 1. The molecule has 2 heteroatoms. The molecule has 0 fully saturated rings. The lowest BCUT2D eigenvalue weighted by atomic mass is 10.2. The summed E-state index contributed by atoms with van der Waals surface area (Å²) in [6.45, 7) is 3.02. The second-order valence-corrected chi connectivity index (χ2v) is 3.24. The van der Waals surface area contributed by atoms with Crippen molar-refractivity contribution in [3.05, 3.63) is 46.8 Å². The second kappa shape index (κ2) is 3.66. The van der Waals surface area contributed by atoms with E-state index in [1.54, 1.807) is 18.3 Å². The van der Waals surface area contributed by atoms with Crippen molar-refractivity contribution in [3.8, 4) is 0 Å². The summed E-state index contributed by atoms with van der Waals surface area (Å²) in [5, 5.41) is 0.722. The highest BCUT2D eigenvalue weighted by Gasteiger charge is 2.00. The fourth-order valence-electron chi connectivity index (χ4n) is 1.56. The Morgan fingerprint density at radius 2 is 2.36 bits per heavy atom. The van der Waals surface area contributed by atoms with Gasteiger partial charge in [0.25, 0.3) is 0 Å². The molecule has 2 radical (unpaired) electrons. The van der Waals surface area contributed by atoms with Crippen molar-refractivity contribution >= 4 is 10.9 Å². The SMILES string of the molecule is CCCn1c[c]c(=O)c2cc[c]cc21. The summed E-state index contributed by atoms with van der Waals surface area (Å²) in [7, 11) is 0. The van der Waals surface area contributed by atoms with Crippen molar-refractivity contribution in [1.82, 2.24) is 4.57 Å². The number of hydrogen-bond donors (Lipinski definition) is 0. The minimum absolute atomic E-state index is 0.0404. The van der Waals surface area contributed by atoms with E-state index in [1.807, 2.05) is 10.6 Å². The first-order chi connectivity index (χ1) is 6.83. The first-order valence-corrected chi connectivity index (χ1v) is 4.74. The predicted molar refractivity (Wildman–Crippen MR) is 56.2 cm³/mol. The van der Waals surface area contributed by atoms with Crippen molar-refractivity contribution in [3.63, 3.8) is 0 Å². The number of rotatable bonds is 2. The topological polar surface area (TPSA) is 22.0 Å². The van der Waals surface area contributed by atoms with Gasteiger partial charge in [-0.3, -0.25) is 4.79 Å². The zero-order valence-corrected chi connectivity index (χ0v) is 8.08. The molecule has 2 rings (SSSR count). The smallest absolute Gasteiger partial charge is 0.197 e. The molecule has 1 aromatic heterocycles. The predicted octanol–water partition coefficient (Wildman–Crippen LogP) is 2.01. The lowest BCUT2D eigenvalue weighted by Crippen LogP contribution is -2.08. The maximum absolute atomic E-state index is 11.5. The molecule has 0 saturated heterocycles. The van der Waals surface area contributed by atoms with Crippen LogP contribution in [0.25, 0.3) is 10.9 Å². The van der Waals surface area contributed by atoms with Crippen LogP contribution < -0.4 is 5.43 Å². The standard InChI is InChI=1S/C12H11NO/c1-2-8-13-9-7-12(14)10-5-3-4-6-11(10)13/h3,5-6,9H,2,8H2,1H3. The van der Waals surface area contributed by atoms with E-state index in [-0.39, 0.29) is 5.43 Å². The van der Waals surface area contributed by atoms with E-state index in [9.17, 15) is 4.79 Å². The zero-order chi connectivity index (χ0) is 9.97. The number of aryl methyl sites for hydroxylation is 1. The maximum atomic E-state index is 11.5. The number of aromatic nitrogens is 1. The fraction of sp³-hybridized carbons (Fsp3) is 0.250. The van der Waals surface area contributed by atoms with Crippen molar-refractivity contribution in [2.24, 2.45) is 0 Å². The molecule has 0 spiro atoms. The highest BCUT2D eigenvalue weighted by molar-refractivity contribution is 5.78. The van der Waals surface area contributed by atoms with Gasteiger partial charge in [-0.1, -0.05) is 13.0 Å². The molecule has 0 bridgehead atoms. The minimum atomic E-state index is -0.0404. The Bertz CT molecular complexity index is 499. The third-order valence-electron chi connectivity index (χ3n) is 2.21. The summed E-state index contributed by atoms with van der Waals surface area (Å²) >= 11 is 0. The van der Waals surface area contributed by atoms with Crippen molar-refractivity contribution in [1.29, 1.82) is 0 Å². The maximum Gasteiger partial charge on any atom is 0.197 e. The van der Waals surface area contributed by atoms with E-state index in [0.29, 0.717) is 0 Å². The number of fused-ring (bicyclic) bond motifs is 1. The van der Waals surface area contributed by atoms with E-state index in [0.717, 1.165) is 23.9 Å². The van der Waals surface area contributed by atoms with Crippen LogP contribution in [-0.4, -0.2) is 4.57 Å². The molecule has 0 aliphatic carbocycles. The Hall–Kier alpha value is -1.57. The Balaban J connectivity index is 2.75. The third-order valence-corrected chi connectivity index (χ3v) is 2.21. The molecule has 1 heterocycles. The lowest BCUT2D eigenvalue weighted by Gasteiger charge is -2.07. The van der Waals surface area contributed by atoms with E-state index in [4.69, 9.17) is 0 Å². The van der Waals surface area contributed by atoms with Crippen LogP contribution in [0.4, 0.5) is 0 Å². The molecule has 0 amide bonds. The summed E-state index contributed by atoms with van der Waals surface area (Å²) in [6, 6.07) is 11.1. The molecule has 0 atom stereocenters. The average Bonchev–Trinajstić information content (AvgIpc) is 2.23. The van der Waals surface area contributed by atoms with Crippen LogP contribution >= 0.6 is 0 Å². The quantitative estimate of drug-likeness (QED) is 0.701. The minimum Gasteiger partial charge on any atom is -0.347 e. The average molecular weight is 185 g/mol. The largest absolute Gasteiger partial charge is 0.347 e. The Kier molecular flexibility index (Phi) is 2.35. The molecule has 14 heavy (non-hydrogen) atoms. The van der Waals surface area contributed by atoms with E-state index in [1.165, 1.54) is 0 Å². The first-order valence-electron chi connectivity index (χ1n) is 4.74. The Morgan fingerprint density at radius 3 is 3.14 bits per heavy atom. The molecule has 70 valence electrons. The summed E-state index contributed by atoms with van der Waals surface area (Å²) < 4.78 is 2.03. The van der Waals surface area contributed by atoms with Gasteiger partial charge in [-0.2, -0.15) is 0 Å². The number of benzene rings is 1. The summed E-state index contributed by atoms with van der Waals surface area (Å²) in [4.78, 5) is 11.5. The van der Waals surface area contributed by atoms with Crippen LogP contribution in [0.2, 0.25) is 0 Å². The molecular weight excluding hydrogens is 174 g/mol. The van der Waals surface area contributed by atoms with Gasteiger partial charge in [-0.05, 0) is 24.6 Å². The zero-order valence-electron chi connectivity index (χ0n) is 8.08. The Morgan fingerprint density at radius 1 is 1.50 bits per heavy atom. The molecule has 0 aliphatic rings. The summed E-state index contributed by atoms with van der Waals surface area (Å²) in [5.41, 5.74) is 0.902. The van der Waals surface area contributed by atoms with Gasteiger partial charge in [0.2, 0.25) is 0 Å². The van der Waals surface area contributed by atoms with Crippen LogP contribution in [0.1, 0.15) is 13.3 Å². The molecule has 0 saturated carbocycles. The van der Waals surface area contributed by atoms with Gasteiger partial charge in [-0.25, -0.2) is 0 Å². The monoisotopic (exact) mass is 185 g/mol. The van der Waals surface area contributed by atoms with E-state index < -0.39 is 0 Å².